The maximum atomic E-state index is 11.6. The highest BCUT2D eigenvalue weighted by atomic mass is 127. The van der Waals surface area contributed by atoms with Crippen LogP contribution in [0.25, 0.3) is 0 Å². The monoisotopic (exact) mass is 564 g/mol. The first-order chi connectivity index (χ1) is 12.9. The molecule has 2 rings (SSSR count). The van der Waals surface area contributed by atoms with Gasteiger partial charge < -0.3 is 15.5 Å². The van der Waals surface area contributed by atoms with Crippen molar-refractivity contribution in [3.8, 4) is 0 Å². The second kappa shape index (κ2) is 12.0. The van der Waals surface area contributed by atoms with E-state index in [4.69, 9.17) is 4.99 Å². The Bertz CT molecular complexity index is 658. The summed E-state index contributed by atoms with van der Waals surface area (Å²) in [7, 11) is 1.71. The fourth-order valence-corrected chi connectivity index (χ4v) is 4.33. The third-order valence-electron chi connectivity index (χ3n) is 5.23. The van der Waals surface area contributed by atoms with E-state index in [1.54, 1.807) is 7.05 Å². The number of guanidine groups is 1. The van der Waals surface area contributed by atoms with E-state index >= 15 is 0 Å². The average Bonchev–Trinajstić information content (AvgIpc) is 2.66. The van der Waals surface area contributed by atoms with Crippen LogP contribution in [0.15, 0.2) is 33.7 Å². The van der Waals surface area contributed by atoms with Gasteiger partial charge in [-0.2, -0.15) is 0 Å². The minimum Gasteiger partial charge on any atom is -0.359 e. The number of halogens is 2. The molecule has 0 unspecified atom stereocenters. The summed E-state index contributed by atoms with van der Waals surface area (Å²) >= 11 is 3.67. The largest absolute Gasteiger partial charge is 0.359 e. The Balaban J connectivity index is 0.00000392. The Morgan fingerprint density at radius 3 is 2.50 bits per heavy atom. The van der Waals surface area contributed by atoms with Crippen LogP contribution in [0.4, 0.5) is 0 Å². The van der Waals surface area contributed by atoms with Crippen molar-refractivity contribution >= 4 is 51.8 Å². The van der Waals surface area contributed by atoms with Crippen LogP contribution < -0.4 is 10.6 Å². The predicted molar refractivity (Wildman–Crippen MR) is 132 cm³/mol. The van der Waals surface area contributed by atoms with Crippen molar-refractivity contribution in [1.82, 2.24) is 15.5 Å². The van der Waals surface area contributed by atoms with Crippen molar-refractivity contribution in [2.45, 2.75) is 45.4 Å². The number of hydrogen-bond donors (Lipinski definition) is 2. The maximum Gasteiger partial charge on any atom is 0.220 e. The number of carbonyl (C=O) groups is 1. The highest BCUT2D eigenvalue weighted by Crippen LogP contribution is 2.30. The van der Waals surface area contributed by atoms with Crippen molar-refractivity contribution in [2.75, 3.05) is 33.2 Å². The van der Waals surface area contributed by atoms with E-state index in [1.165, 1.54) is 5.56 Å². The fraction of sp³-hybridized carbons (Fsp3) is 0.619. The second-order valence-electron chi connectivity index (χ2n) is 7.84. The zero-order chi connectivity index (χ0) is 19.9. The molecule has 0 bridgehead atoms. The fourth-order valence-electron chi connectivity index (χ4n) is 3.51. The molecule has 1 aromatic carbocycles. The van der Waals surface area contributed by atoms with E-state index in [-0.39, 0.29) is 35.3 Å². The van der Waals surface area contributed by atoms with Crippen LogP contribution in [0, 0.1) is 5.92 Å². The number of aliphatic imine (C=N–C) groups is 1. The van der Waals surface area contributed by atoms with Crippen molar-refractivity contribution in [3.63, 3.8) is 0 Å². The van der Waals surface area contributed by atoms with Crippen molar-refractivity contribution in [3.05, 3.63) is 34.3 Å². The van der Waals surface area contributed by atoms with Gasteiger partial charge in [0.15, 0.2) is 5.96 Å². The van der Waals surface area contributed by atoms with Gasteiger partial charge in [-0.05, 0) is 37.3 Å². The van der Waals surface area contributed by atoms with Gasteiger partial charge in [0.25, 0.3) is 0 Å². The van der Waals surface area contributed by atoms with Gasteiger partial charge in [0.1, 0.15) is 0 Å². The molecule has 1 aromatic rings. The molecule has 1 amide bonds. The Labute approximate surface area is 195 Å². The Morgan fingerprint density at radius 2 is 1.93 bits per heavy atom. The number of likely N-dealkylation sites (tertiary alicyclic amines) is 1. The van der Waals surface area contributed by atoms with Gasteiger partial charge >= 0.3 is 0 Å². The summed E-state index contributed by atoms with van der Waals surface area (Å²) in [6, 6.07) is 8.37. The number of rotatable bonds is 6. The van der Waals surface area contributed by atoms with Crippen LogP contribution in [0.1, 0.15) is 45.6 Å². The number of benzene rings is 1. The lowest BCUT2D eigenvalue weighted by Crippen LogP contribution is -2.46. The smallest absolute Gasteiger partial charge is 0.220 e. The summed E-state index contributed by atoms with van der Waals surface area (Å²) in [6.45, 7) is 10.0. The molecule has 0 aliphatic carbocycles. The SMILES string of the molecule is CCNC(=NCC(C)(C)c1ccccc1Br)N1CCC(CC(=O)NC)CC1.I. The van der Waals surface area contributed by atoms with Crippen molar-refractivity contribution in [2.24, 2.45) is 10.9 Å². The van der Waals surface area contributed by atoms with Gasteiger partial charge in [0, 0.05) is 43.0 Å². The third-order valence-corrected chi connectivity index (χ3v) is 5.92. The summed E-state index contributed by atoms with van der Waals surface area (Å²) in [5.74, 6) is 1.60. The van der Waals surface area contributed by atoms with E-state index in [2.05, 4.69) is 70.4 Å². The molecule has 0 saturated carbocycles. The third kappa shape index (κ3) is 7.21. The molecule has 158 valence electrons. The van der Waals surface area contributed by atoms with Crippen LogP contribution in [0.5, 0.6) is 0 Å². The molecule has 0 aromatic heterocycles. The molecular weight excluding hydrogens is 531 g/mol. The van der Waals surface area contributed by atoms with Gasteiger partial charge in [0.2, 0.25) is 5.91 Å². The first kappa shape index (κ1) is 25.2. The van der Waals surface area contributed by atoms with Crippen LogP contribution in [-0.4, -0.2) is 50.0 Å². The van der Waals surface area contributed by atoms with Crippen molar-refractivity contribution in [1.29, 1.82) is 0 Å². The molecule has 28 heavy (non-hydrogen) atoms. The zero-order valence-corrected chi connectivity index (χ0v) is 21.3. The average molecular weight is 565 g/mol. The molecule has 0 radical (unpaired) electrons. The number of carbonyl (C=O) groups excluding carboxylic acids is 1. The molecule has 1 fully saturated rings. The van der Waals surface area contributed by atoms with Crippen LogP contribution in [0.3, 0.4) is 0 Å². The first-order valence-corrected chi connectivity index (χ1v) is 10.7. The molecule has 1 aliphatic heterocycles. The van der Waals surface area contributed by atoms with Gasteiger partial charge in [0.05, 0.1) is 6.54 Å². The summed E-state index contributed by atoms with van der Waals surface area (Å²) in [5, 5.41) is 6.17. The number of hydrogen-bond acceptors (Lipinski definition) is 2. The summed E-state index contributed by atoms with van der Waals surface area (Å²) in [6.07, 6.45) is 2.70. The highest BCUT2D eigenvalue weighted by molar-refractivity contribution is 14.0. The van der Waals surface area contributed by atoms with Crippen LogP contribution in [-0.2, 0) is 10.2 Å². The van der Waals surface area contributed by atoms with Gasteiger partial charge in [-0.1, -0.05) is 48.0 Å². The molecular formula is C21H34BrIN4O. The highest BCUT2D eigenvalue weighted by Gasteiger charge is 2.26. The number of piperidine rings is 1. The zero-order valence-electron chi connectivity index (χ0n) is 17.4. The number of nitrogens with zero attached hydrogens (tertiary/aromatic N) is 2. The molecule has 1 aliphatic rings. The normalized spacial score (nSPS) is 15.8. The Kier molecular flexibility index (Phi) is 10.8. The van der Waals surface area contributed by atoms with Crippen molar-refractivity contribution < 1.29 is 4.79 Å². The Morgan fingerprint density at radius 1 is 1.29 bits per heavy atom. The summed E-state index contributed by atoms with van der Waals surface area (Å²) in [4.78, 5) is 18.9. The van der Waals surface area contributed by atoms with E-state index in [9.17, 15) is 4.79 Å². The first-order valence-electron chi connectivity index (χ1n) is 9.86. The lowest BCUT2D eigenvalue weighted by Gasteiger charge is -2.34. The quantitative estimate of drug-likeness (QED) is 0.310. The lowest BCUT2D eigenvalue weighted by molar-refractivity contribution is -0.121. The second-order valence-corrected chi connectivity index (χ2v) is 8.70. The predicted octanol–water partition coefficient (Wildman–Crippen LogP) is 4.16. The Hall–Kier alpha value is -0.830. The van der Waals surface area contributed by atoms with E-state index in [1.807, 2.05) is 6.07 Å². The molecule has 0 atom stereocenters. The topological polar surface area (TPSA) is 56.7 Å². The maximum absolute atomic E-state index is 11.6. The van der Waals surface area contributed by atoms with Gasteiger partial charge in [-0.25, -0.2) is 0 Å². The van der Waals surface area contributed by atoms with Gasteiger partial charge in [-0.3, -0.25) is 9.79 Å². The minimum absolute atomic E-state index is 0. The summed E-state index contributed by atoms with van der Waals surface area (Å²) < 4.78 is 1.13. The molecule has 1 heterocycles. The minimum atomic E-state index is -0.0572. The standard InChI is InChI=1S/C21H33BrN4O.HI/c1-5-24-20(26-12-10-16(11-13-26)14-19(27)23-4)25-15-21(2,3)17-8-6-7-9-18(17)22;/h6-9,16H,5,10-15H2,1-4H3,(H,23,27)(H,24,25);1H. The van der Waals surface area contributed by atoms with Crippen LogP contribution >= 0.6 is 39.9 Å². The van der Waals surface area contributed by atoms with Gasteiger partial charge in [-0.15, -0.1) is 24.0 Å². The van der Waals surface area contributed by atoms with Crippen LogP contribution in [0.2, 0.25) is 0 Å². The molecule has 1 saturated heterocycles. The lowest BCUT2D eigenvalue weighted by atomic mass is 9.85. The van der Waals surface area contributed by atoms with E-state index in [0.717, 1.165) is 49.5 Å². The molecule has 7 heteroatoms. The number of amides is 1. The number of nitrogens with one attached hydrogen (secondary N) is 2. The molecule has 5 nitrogen and oxygen atoms in total. The molecule has 0 spiro atoms. The van der Waals surface area contributed by atoms with E-state index in [0.29, 0.717) is 12.3 Å². The molecule has 2 N–H and O–H groups in total. The summed E-state index contributed by atoms with van der Waals surface area (Å²) in [5.41, 5.74) is 1.21. The van der Waals surface area contributed by atoms with E-state index < -0.39 is 0 Å².